The Hall–Kier alpha value is -2.12. The first-order valence-corrected chi connectivity index (χ1v) is 6.27. The molecule has 1 amide bonds. The van der Waals surface area contributed by atoms with E-state index in [0.29, 0.717) is 25.5 Å². The van der Waals surface area contributed by atoms with Gasteiger partial charge < -0.3 is 20.3 Å². The monoisotopic (exact) mass is 264 g/mol. The van der Waals surface area contributed by atoms with Gasteiger partial charge >= 0.3 is 6.01 Å². The maximum Gasteiger partial charge on any atom is 0.322 e. The number of rotatable bonds is 2. The van der Waals surface area contributed by atoms with E-state index >= 15 is 0 Å². The molecule has 102 valence electrons. The molecule has 1 aromatic rings. The predicted octanol–water partition coefficient (Wildman–Crippen LogP) is -0.727. The first kappa shape index (κ1) is 11.9. The number of nitrogens with two attached hydrogens (primary N) is 1. The van der Waals surface area contributed by atoms with Crippen LogP contribution in [0, 0.1) is 0 Å². The van der Waals surface area contributed by atoms with Crippen LogP contribution in [0.1, 0.15) is 12.8 Å². The van der Waals surface area contributed by atoms with Gasteiger partial charge in [0.1, 0.15) is 0 Å². The van der Waals surface area contributed by atoms with Crippen LogP contribution in [-0.4, -0.2) is 58.5 Å². The third-order valence-electron chi connectivity index (χ3n) is 3.58. The third kappa shape index (κ3) is 2.13. The smallest absolute Gasteiger partial charge is 0.322 e. The number of aromatic nitrogens is 3. The standard InChI is InChI=1S/C11H16N6O2/c1-19-11-14-9(12)13-10(15-11)16-4-5-17-7(6-16)2-3-8(17)18/h7H,2-6H2,1H3,(H2,12,13,14,15). The number of fused-ring (bicyclic) bond motifs is 1. The summed E-state index contributed by atoms with van der Waals surface area (Å²) in [6.45, 7) is 2.14. The van der Waals surface area contributed by atoms with Crippen LogP contribution in [0.25, 0.3) is 0 Å². The van der Waals surface area contributed by atoms with Gasteiger partial charge in [-0.05, 0) is 6.42 Å². The van der Waals surface area contributed by atoms with Crippen LogP contribution < -0.4 is 15.4 Å². The summed E-state index contributed by atoms with van der Waals surface area (Å²) >= 11 is 0. The summed E-state index contributed by atoms with van der Waals surface area (Å²) in [7, 11) is 1.49. The van der Waals surface area contributed by atoms with Crippen LogP contribution in [0.4, 0.5) is 11.9 Å². The molecule has 8 nitrogen and oxygen atoms in total. The Labute approximate surface area is 110 Å². The van der Waals surface area contributed by atoms with Gasteiger partial charge in [0, 0.05) is 32.1 Å². The summed E-state index contributed by atoms with van der Waals surface area (Å²) in [6, 6.07) is 0.470. The molecule has 8 heteroatoms. The van der Waals surface area contributed by atoms with Gasteiger partial charge in [0.25, 0.3) is 0 Å². The SMILES string of the molecule is COc1nc(N)nc(N2CCN3C(=O)CCC3C2)n1. The zero-order valence-electron chi connectivity index (χ0n) is 10.7. The molecular formula is C11H16N6O2. The molecule has 3 heterocycles. The van der Waals surface area contributed by atoms with Gasteiger partial charge in [0.15, 0.2) is 0 Å². The van der Waals surface area contributed by atoms with E-state index in [-0.39, 0.29) is 23.9 Å². The molecule has 2 fully saturated rings. The van der Waals surface area contributed by atoms with Crippen molar-refractivity contribution in [3.63, 3.8) is 0 Å². The number of hydrogen-bond acceptors (Lipinski definition) is 7. The van der Waals surface area contributed by atoms with E-state index < -0.39 is 0 Å². The molecule has 1 atom stereocenters. The molecule has 0 aliphatic carbocycles. The van der Waals surface area contributed by atoms with E-state index in [1.807, 2.05) is 9.80 Å². The molecule has 0 saturated carbocycles. The minimum Gasteiger partial charge on any atom is -0.467 e. The van der Waals surface area contributed by atoms with E-state index in [4.69, 9.17) is 10.5 Å². The van der Waals surface area contributed by atoms with Crippen molar-refractivity contribution in [1.29, 1.82) is 0 Å². The highest BCUT2D eigenvalue weighted by Gasteiger charge is 2.36. The van der Waals surface area contributed by atoms with Crippen LogP contribution in [-0.2, 0) is 4.79 Å². The van der Waals surface area contributed by atoms with Gasteiger partial charge in [-0.15, -0.1) is 0 Å². The maximum absolute atomic E-state index is 11.6. The van der Waals surface area contributed by atoms with Crippen molar-refractivity contribution in [2.24, 2.45) is 0 Å². The fraction of sp³-hybridized carbons (Fsp3) is 0.636. The van der Waals surface area contributed by atoms with Crippen LogP contribution in [0.3, 0.4) is 0 Å². The van der Waals surface area contributed by atoms with Crippen LogP contribution in [0.2, 0.25) is 0 Å². The number of amides is 1. The number of anilines is 2. The van der Waals surface area contributed by atoms with E-state index in [2.05, 4.69) is 15.0 Å². The molecule has 2 aliphatic rings. The van der Waals surface area contributed by atoms with Crippen molar-refractivity contribution in [1.82, 2.24) is 19.9 Å². The van der Waals surface area contributed by atoms with Crippen molar-refractivity contribution >= 4 is 17.8 Å². The van der Waals surface area contributed by atoms with E-state index in [1.54, 1.807) is 0 Å². The van der Waals surface area contributed by atoms with Gasteiger partial charge in [0.05, 0.1) is 7.11 Å². The number of carbonyl (C=O) groups excluding carboxylic acids is 1. The second-order valence-corrected chi connectivity index (χ2v) is 4.71. The lowest BCUT2D eigenvalue weighted by molar-refractivity contribution is -0.129. The highest BCUT2D eigenvalue weighted by molar-refractivity contribution is 5.79. The number of nitrogens with zero attached hydrogens (tertiary/aromatic N) is 5. The van der Waals surface area contributed by atoms with Gasteiger partial charge in [0.2, 0.25) is 17.8 Å². The van der Waals surface area contributed by atoms with Crippen LogP contribution in [0.5, 0.6) is 6.01 Å². The average molecular weight is 264 g/mol. The first-order valence-electron chi connectivity index (χ1n) is 6.27. The van der Waals surface area contributed by atoms with Crippen molar-refractivity contribution in [3.8, 4) is 6.01 Å². The Kier molecular flexibility index (Phi) is 2.84. The largest absolute Gasteiger partial charge is 0.467 e. The zero-order valence-corrected chi connectivity index (χ0v) is 10.7. The molecule has 0 radical (unpaired) electrons. The fourth-order valence-corrected chi connectivity index (χ4v) is 2.64. The van der Waals surface area contributed by atoms with Gasteiger partial charge in [-0.1, -0.05) is 0 Å². The summed E-state index contributed by atoms with van der Waals surface area (Å²) in [5.74, 6) is 0.910. The highest BCUT2D eigenvalue weighted by Crippen LogP contribution is 2.25. The Bertz CT molecular complexity index is 508. The molecule has 2 saturated heterocycles. The number of ether oxygens (including phenoxy) is 1. The summed E-state index contributed by atoms with van der Waals surface area (Å²) in [6.07, 6.45) is 1.54. The lowest BCUT2D eigenvalue weighted by atomic mass is 10.2. The molecule has 1 unspecified atom stereocenters. The fourth-order valence-electron chi connectivity index (χ4n) is 2.64. The number of methoxy groups -OCH3 is 1. The lowest BCUT2D eigenvalue weighted by Crippen LogP contribution is -2.52. The van der Waals surface area contributed by atoms with E-state index in [0.717, 1.165) is 13.0 Å². The zero-order chi connectivity index (χ0) is 13.4. The maximum atomic E-state index is 11.6. The minimum atomic E-state index is 0.145. The van der Waals surface area contributed by atoms with Crippen molar-refractivity contribution in [3.05, 3.63) is 0 Å². The third-order valence-corrected chi connectivity index (χ3v) is 3.58. The van der Waals surface area contributed by atoms with Crippen molar-refractivity contribution in [2.75, 3.05) is 37.4 Å². The molecule has 19 heavy (non-hydrogen) atoms. The minimum absolute atomic E-state index is 0.145. The topological polar surface area (TPSA) is 97.5 Å². The summed E-state index contributed by atoms with van der Waals surface area (Å²) in [5.41, 5.74) is 5.64. The molecule has 2 N–H and O–H groups in total. The molecule has 0 spiro atoms. The second-order valence-electron chi connectivity index (χ2n) is 4.71. The molecular weight excluding hydrogens is 248 g/mol. The van der Waals surface area contributed by atoms with Crippen LogP contribution >= 0.6 is 0 Å². The number of piperazine rings is 1. The van der Waals surface area contributed by atoms with Gasteiger partial charge in [-0.2, -0.15) is 15.0 Å². The van der Waals surface area contributed by atoms with Gasteiger partial charge in [-0.3, -0.25) is 4.79 Å². The molecule has 2 aliphatic heterocycles. The second kappa shape index (κ2) is 4.52. The van der Waals surface area contributed by atoms with Crippen LogP contribution in [0.15, 0.2) is 0 Å². The Morgan fingerprint density at radius 2 is 2.16 bits per heavy atom. The van der Waals surface area contributed by atoms with Gasteiger partial charge in [-0.25, -0.2) is 0 Å². The highest BCUT2D eigenvalue weighted by atomic mass is 16.5. The quantitative estimate of drug-likeness (QED) is 0.752. The molecule has 0 aromatic carbocycles. The number of carbonyl (C=O) groups is 1. The summed E-state index contributed by atoms with van der Waals surface area (Å²) in [4.78, 5) is 27.8. The molecule has 0 bridgehead atoms. The number of hydrogen-bond donors (Lipinski definition) is 1. The molecule has 3 rings (SSSR count). The Morgan fingerprint density at radius 1 is 1.32 bits per heavy atom. The Balaban J connectivity index is 1.80. The Morgan fingerprint density at radius 3 is 2.95 bits per heavy atom. The first-order chi connectivity index (χ1) is 9.17. The lowest BCUT2D eigenvalue weighted by Gasteiger charge is -2.37. The average Bonchev–Trinajstić information content (AvgIpc) is 2.79. The summed E-state index contributed by atoms with van der Waals surface area (Å²) < 4.78 is 5.00. The molecule has 1 aromatic heterocycles. The summed E-state index contributed by atoms with van der Waals surface area (Å²) in [5, 5.41) is 0. The van der Waals surface area contributed by atoms with Crippen molar-refractivity contribution < 1.29 is 9.53 Å². The van der Waals surface area contributed by atoms with E-state index in [1.165, 1.54) is 7.11 Å². The van der Waals surface area contributed by atoms with Crippen molar-refractivity contribution in [2.45, 2.75) is 18.9 Å². The normalized spacial score (nSPS) is 22.6. The predicted molar refractivity (Wildman–Crippen MR) is 67.7 cm³/mol. The van der Waals surface area contributed by atoms with E-state index in [9.17, 15) is 4.79 Å². The number of nitrogen functional groups attached to an aromatic ring is 1.